The van der Waals surface area contributed by atoms with Gasteiger partial charge in [0.15, 0.2) is 5.13 Å². The van der Waals surface area contributed by atoms with Crippen LogP contribution in [-0.2, 0) is 4.79 Å². The van der Waals surface area contributed by atoms with Gasteiger partial charge in [-0.3, -0.25) is 4.79 Å². The minimum Gasteiger partial charge on any atom is -0.344 e. The Bertz CT molecular complexity index is 589. The van der Waals surface area contributed by atoms with Crippen LogP contribution in [0.15, 0.2) is 18.3 Å². The third kappa shape index (κ3) is 2.58. The van der Waals surface area contributed by atoms with Crippen LogP contribution in [0.5, 0.6) is 0 Å². The summed E-state index contributed by atoms with van der Waals surface area (Å²) in [7, 11) is 0. The van der Waals surface area contributed by atoms with Crippen molar-refractivity contribution in [2.75, 3.05) is 31.1 Å². The number of nitrogens with zero attached hydrogens (tertiary/aromatic N) is 4. The minimum absolute atomic E-state index is 0.0114. The van der Waals surface area contributed by atoms with Gasteiger partial charge < -0.3 is 9.80 Å². The predicted molar refractivity (Wildman–Crippen MR) is 81.5 cm³/mol. The summed E-state index contributed by atoms with van der Waals surface area (Å²) in [4.78, 5) is 25.7. The quantitative estimate of drug-likeness (QED) is 0.796. The van der Waals surface area contributed by atoms with E-state index >= 15 is 0 Å². The highest BCUT2D eigenvalue weighted by Gasteiger charge is 2.25. The summed E-state index contributed by atoms with van der Waals surface area (Å²) in [5.41, 5.74) is 0.931. The number of carbonyl (C=O) groups is 1. The van der Waals surface area contributed by atoms with Crippen LogP contribution in [-0.4, -0.2) is 52.3 Å². The second-order valence-electron chi connectivity index (χ2n) is 4.75. The van der Waals surface area contributed by atoms with Crippen molar-refractivity contribution in [1.82, 2.24) is 14.9 Å². The molecule has 1 amide bonds. The Balaban J connectivity index is 1.70. The molecule has 20 heavy (non-hydrogen) atoms. The number of piperazine rings is 1. The van der Waals surface area contributed by atoms with Gasteiger partial charge in [-0.1, -0.05) is 11.3 Å². The lowest BCUT2D eigenvalue weighted by Gasteiger charge is -2.35. The molecule has 1 unspecified atom stereocenters. The van der Waals surface area contributed by atoms with Gasteiger partial charge in [0, 0.05) is 32.4 Å². The lowest BCUT2D eigenvalue weighted by Crippen LogP contribution is -2.50. The molecule has 5 nitrogen and oxygen atoms in total. The van der Waals surface area contributed by atoms with E-state index in [9.17, 15) is 4.79 Å². The Kier molecular flexibility index (Phi) is 3.76. The molecule has 1 atom stereocenters. The minimum atomic E-state index is -0.451. The molecule has 0 aromatic carbocycles. The van der Waals surface area contributed by atoms with E-state index in [1.165, 1.54) is 0 Å². The Labute approximate surface area is 126 Å². The van der Waals surface area contributed by atoms with Crippen LogP contribution in [0, 0.1) is 0 Å². The van der Waals surface area contributed by atoms with Crippen molar-refractivity contribution >= 4 is 44.3 Å². The van der Waals surface area contributed by atoms with Crippen molar-refractivity contribution in [2.45, 2.75) is 12.3 Å². The molecule has 2 aromatic heterocycles. The Hall–Kier alpha value is -1.40. The van der Waals surface area contributed by atoms with Crippen LogP contribution >= 0.6 is 22.9 Å². The fourth-order valence-corrected chi connectivity index (χ4v) is 3.36. The molecule has 1 aliphatic rings. The molecule has 0 N–H and O–H groups in total. The molecule has 2 aromatic rings. The standard InChI is InChI=1S/C13H15ClN4OS/c1-9(14)12(19)17-5-7-18(8-6-17)13-16-10-3-2-4-15-11(10)20-13/h2-4,9H,5-8H2,1H3. The first-order chi connectivity index (χ1) is 9.65. The molecule has 0 bridgehead atoms. The number of fused-ring (bicyclic) bond motifs is 1. The molecule has 7 heteroatoms. The summed E-state index contributed by atoms with van der Waals surface area (Å²) in [5.74, 6) is 0.0114. The maximum absolute atomic E-state index is 11.8. The molecule has 0 aliphatic carbocycles. The summed E-state index contributed by atoms with van der Waals surface area (Å²) in [6.07, 6.45) is 1.78. The second-order valence-corrected chi connectivity index (χ2v) is 6.36. The third-order valence-corrected chi connectivity index (χ3v) is 4.58. The average Bonchev–Trinajstić information content (AvgIpc) is 2.90. The summed E-state index contributed by atoms with van der Waals surface area (Å²) >= 11 is 7.44. The van der Waals surface area contributed by atoms with Gasteiger partial charge in [0.2, 0.25) is 5.91 Å². The molecule has 106 valence electrons. The van der Waals surface area contributed by atoms with E-state index in [0.717, 1.165) is 28.6 Å². The predicted octanol–water partition coefficient (Wildman–Crippen LogP) is 1.97. The number of amides is 1. The molecule has 3 heterocycles. The van der Waals surface area contributed by atoms with Crippen molar-refractivity contribution in [3.63, 3.8) is 0 Å². The van der Waals surface area contributed by atoms with Gasteiger partial charge in [0.25, 0.3) is 0 Å². The second kappa shape index (κ2) is 5.54. The van der Waals surface area contributed by atoms with Crippen molar-refractivity contribution in [1.29, 1.82) is 0 Å². The van der Waals surface area contributed by atoms with E-state index in [1.807, 2.05) is 17.0 Å². The molecule has 1 fully saturated rings. The average molecular weight is 311 g/mol. The van der Waals surface area contributed by atoms with Crippen molar-refractivity contribution in [2.24, 2.45) is 0 Å². The van der Waals surface area contributed by atoms with E-state index in [0.29, 0.717) is 13.1 Å². The summed E-state index contributed by atoms with van der Waals surface area (Å²) in [6.45, 7) is 4.68. The molecule has 0 radical (unpaired) electrons. The lowest BCUT2D eigenvalue weighted by molar-refractivity contribution is -0.130. The highest BCUT2D eigenvalue weighted by Crippen LogP contribution is 2.27. The maximum Gasteiger partial charge on any atom is 0.240 e. The summed E-state index contributed by atoms with van der Waals surface area (Å²) < 4.78 is 0. The Morgan fingerprint density at radius 3 is 2.80 bits per heavy atom. The van der Waals surface area contributed by atoms with Crippen LogP contribution in [0.1, 0.15) is 6.92 Å². The summed E-state index contributed by atoms with van der Waals surface area (Å²) in [6, 6.07) is 3.86. The molecular weight excluding hydrogens is 296 g/mol. The zero-order valence-electron chi connectivity index (χ0n) is 11.1. The fraction of sp³-hybridized carbons (Fsp3) is 0.462. The van der Waals surface area contributed by atoms with Gasteiger partial charge in [0.1, 0.15) is 15.7 Å². The van der Waals surface area contributed by atoms with Crippen LogP contribution in [0.25, 0.3) is 10.3 Å². The number of hydrogen-bond donors (Lipinski definition) is 0. The largest absolute Gasteiger partial charge is 0.344 e. The Morgan fingerprint density at radius 2 is 2.15 bits per heavy atom. The molecule has 1 saturated heterocycles. The van der Waals surface area contributed by atoms with Crippen LogP contribution in [0.3, 0.4) is 0 Å². The lowest BCUT2D eigenvalue weighted by atomic mass is 10.3. The van der Waals surface area contributed by atoms with E-state index in [4.69, 9.17) is 11.6 Å². The maximum atomic E-state index is 11.8. The van der Waals surface area contributed by atoms with Crippen molar-refractivity contribution < 1.29 is 4.79 Å². The molecule has 1 aliphatic heterocycles. The highest BCUT2D eigenvalue weighted by molar-refractivity contribution is 7.21. The number of alkyl halides is 1. The molecule has 0 spiro atoms. The highest BCUT2D eigenvalue weighted by atomic mass is 35.5. The van der Waals surface area contributed by atoms with Crippen molar-refractivity contribution in [3.8, 4) is 0 Å². The van der Waals surface area contributed by atoms with Gasteiger partial charge in [-0.05, 0) is 19.1 Å². The number of aromatic nitrogens is 2. The molecular formula is C13H15ClN4OS. The van der Waals surface area contributed by atoms with E-state index in [2.05, 4.69) is 14.9 Å². The van der Waals surface area contributed by atoms with Gasteiger partial charge in [-0.2, -0.15) is 0 Å². The normalized spacial score (nSPS) is 17.5. The van der Waals surface area contributed by atoms with Gasteiger partial charge in [-0.15, -0.1) is 11.6 Å². The number of hydrogen-bond acceptors (Lipinski definition) is 5. The summed E-state index contributed by atoms with van der Waals surface area (Å²) in [5, 5.41) is 0.526. The smallest absolute Gasteiger partial charge is 0.240 e. The van der Waals surface area contributed by atoms with Crippen LogP contribution < -0.4 is 4.90 Å². The SMILES string of the molecule is CC(Cl)C(=O)N1CCN(c2nc3cccnc3s2)CC1. The van der Waals surface area contributed by atoms with Crippen LogP contribution in [0.2, 0.25) is 0 Å². The van der Waals surface area contributed by atoms with Gasteiger partial charge >= 0.3 is 0 Å². The fourth-order valence-electron chi connectivity index (χ4n) is 2.26. The number of carbonyl (C=O) groups excluding carboxylic acids is 1. The zero-order valence-corrected chi connectivity index (χ0v) is 12.7. The number of rotatable bonds is 2. The number of halogens is 1. The first-order valence-electron chi connectivity index (χ1n) is 6.54. The van der Waals surface area contributed by atoms with E-state index in [1.54, 1.807) is 24.5 Å². The number of pyridine rings is 1. The van der Waals surface area contributed by atoms with Crippen molar-refractivity contribution in [3.05, 3.63) is 18.3 Å². The van der Waals surface area contributed by atoms with Gasteiger partial charge in [-0.25, -0.2) is 9.97 Å². The monoisotopic (exact) mass is 310 g/mol. The molecule has 0 saturated carbocycles. The van der Waals surface area contributed by atoms with Crippen LogP contribution in [0.4, 0.5) is 5.13 Å². The number of thiazole rings is 1. The zero-order chi connectivity index (χ0) is 14.1. The number of anilines is 1. The topological polar surface area (TPSA) is 49.3 Å². The van der Waals surface area contributed by atoms with Gasteiger partial charge in [0.05, 0.1) is 0 Å². The molecule has 3 rings (SSSR count). The van der Waals surface area contributed by atoms with E-state index in [-0.39, 0.29) is 5.91 Å². The first-order valence-corrected chi connectivity index (χ1v) is 7.80. The third-order valence-electron chi connectivity index (χ3n) is 3.36. The van der Waals surface area contributed by atoms with E-state index < -0.39 is 5.38 Å². The first kappa shape index (κ1) is 13.6. The Morgan fingerprint density at radius 1 is 1.40 bits per heavy atom.